The Morgan fingerprint density at radius 2 is 1.56 bits per heavy atom. The van der Waals surface area contributed by atoms with Gasteiger partial charge >= 0.3 is 17.9 Å². The molecule has 0 bridgehead atoms. The summed E-state index contributed by atoms with van der Waals surface area (Å²) in [5.41, 5.74) is 5.58. The maximum Gasteiger partial charge on any atom is 0.326 e. The number of carbonyl (C=O) groups excluding carboxylic acids is 3. The summed E-state index contributed by atoms with van der Waals surface area (Å²) >= 11 is 0. The normalized spacial score (nSPS) is 13.3. The maximum atomic E-state index is 12.7. The molecule has 0 saturated carbocycles. The monoisotopic (exact) mass is 456 g/mol. The highest BCUT2D eigenvalue weighted by Crippen LogP contribution is 2.04. The molecule has 0 aliphatic carbocycles. The van der Waals surface area contributed by atoms with Crippen LogP contribution < -0.4 is 21.7 Å². The first-order valence-corrected chi connectivity index (χ1v) is 9.27. The Kier molecular flexibility index (Phi) is 10.3. The summed E-state index contributed by atoms with van der Waals surface area (Å²) in [5, 5.41) is 33.4. The molecule has 1 aromatic heterocycles. The number of aliphatic carboxylic acids is 3. The van der Waals surface area contributed by atoms with Gasteiger partial charge in [-0.25, -0.2) is 9.78 Å². The Morgan fingerprint density at radius 3 is 2.06 bits per heavy atom. The fourth-order valence-corrected chi connectivity index (χ4v) is 2.53. The molecule has 9 N–H and O–H groups in total. The van der Waals surface area contributed by atoms with Crippen LogP contribution in [0.2, 0.25) is 0 Å². The van der Waals surface area contributed by atoms with Crippen LogP contribution in [0.15, 0.2) is 12.5 Å². The number of aromatic amines is 1. The second kappa shape index (κ2) is 12.6. The van der Waals surface area contributed by atoms with Gasteiger partial charge in [0.05, 0.1) is 19.3 Å². The van der Waals surface area contributed by atoms with Crippen LogP contribution in [0.1, 0.15) is 25.0 Å². The van der Waals surface area contributed by atoms with Gasteiger partial charge in [-0.15, -0.1) is 0 Å². The van der Waals surface area contributed by atoms with Gasteiger partial charge in [-0.3, -0.25) is 24.0 Å². The van der Waals surface area contributed by atoms with Crippen molar-refractivity contribution in [1.29, 1.82) is 0 Å². The summed E-state index contributed by atoms with van der Waals surface area (Å²) in [6.07, 6.45) is 0.777. The van der Waals surface area contributed by atoms with Gasteiger partial charge in [0.1, 0.15) is 18.1 Å². The molecule has 0 radical (unpaired) electrons. The number of hydrogen-bond donors (Lipinski definition) is 8. The van der Waals surface area contributed by atoms with E-state index in [1.807, 2.05) is 5.32 Å². The van der Waals surface area contributed by atoms with Gasteiger partial charge in [-0.1, -0.05) is 0 Å². The molecular formula is C17H24N6O9. The molecule has 3 unspecified atom stereocenters. The second-order valence-electron chi connectivity index (χ2n) is 6.60. The number of nitrogens with one attached hydrogen (secondary N) is 4. The molecule has 15 heteroatoms. The van der Waals surface area contributed by atoms with E-state index >= 15 is 0 Å². The van der Waals surface area contributed by atoms with Crippen molar-refractivity contribution in [3.63, 3.8) is 0 Å². The van der Waals surface area contributed by atoms with Gasteiger partial charge in [0, 0.05) is 24.7 Å². The number of amides is 3. The van der Waals surface area contributed by atoms with Gasteiger partial charge in [-0.05, 0) is 6.42 Å². The molecule has 0 fully saturated rings. The lowest BCUT2D eigenvalue weighted by atomic mass is 10.1. The van der Waals surface area contributed by atoms with E-state index in [9.17, 15) is 28.8 Å². The Hall–Kier alpha value is -4.01. The molecule has 0 spiro atoms. The number of nitrogens with zero attached hydrogens (tertiary/aromatic N) is 1. The molecule has 32 heavy (non-hydrogen) atoms. The predicted octanol–water partition coefficient (Wildman–Crippen LogP) is -3.21. The lowest BCUT2D eigenvalue weighted by Crippen LogP contribution is -2.57. The number of carboxylic acid groups (broad SMARTS) is 3. The Balaban J connectivity index is 3.04. The van der Waals surface area contributed by atoms with Gasteiger partial charge in [0.2, 0.25) is 17.7 Å². The van der Waals surface area contributed by atoms with E-state index < -0.39 is 73.1 Å². The zero-order valence-electron chi connectivity index (χ0n) is 16.7. The van der Waals surface area contributed by atoms with E-state index in [-0.39, 0.29) is 12.8 Å². The molecule has 0 saturated heterocycles. The summed E-state index contributed by atoms with van der Waals surface area (Å²) in [6, 6.07) is -4.50. The van der Waals surface area contributed by atoms with Crippen molar-refractivity contribution in [2.75, 3.05) is 6.54 Å². The van der Waals surface area contributed by atoms with E-state index in [0.29, 0.717) is 5.69 Å². The summed E-state index contributed by atoms with van der Waals surface area (Å²) < 4.78 is 0. The largest absolute Gasteiger partial charge is 0.481 e. The van der Waals surface area contributed by atoms with Crippen molar-refractivity contribution in [3.05, 3.63) is 18.2 Å². The summed E-state index contributed by atoms with van der Waals surface area (Å²) in [7, 11) is 0. The first-order valence-electron chi connectivity index (χ1n) is 9.27. The molecular weight excluding hydrogens is 432 g/mol. The number of carboxylic acids is 3. The van der Waals surface area contributed by atoms with Crippen LogP contribution in [-0.4, -0.2) is 85.6 Å². The summed E-state index contributed by atoms with van der Waals surface area (Å²) in [6.45, 7) is -0.468. The second-order valence-corrected chi connectivity index (χ2v) is 6.60. The van der Waals surface area contributed by atoms with Crippen molar-refractivity contribution < 1.29 is 44.1 Å². The van der Waals surface area contributed by atoms with Crippen molar-refractivity contribution in [1.82, 2.24) is 25.9 Å². The molecule has 15 nitrogen and oxygen atoms in total. The minimum Gasteiger partial charge on any atom is -0.481 e. The Morgan fingerprint density at radius 1 is 0.938 bits per heavy atom. The summed E-state index contributed by atoms with van der Waals surface area (Å²) in [5.74, 6) is -6.96. The highest BCUT2D eigenvalue weighted by atomic mass is 16.4. The molecule has 0 aromatic carbocycles. The van der Waals surface area contributed by atoms with E-state index in [0.717, 1.165) is 0 Å². The molecule has 1 rings (SSSR count). The van der Waals surface area contributed by atoms with Crippen LogP contribution in [0.3, 0.4) is 0 Å². The zero-order chi connectivity index (χ0) is 24.3. The maximum absolute atomic E-state index is 12.7. The number of nitrogens with two attached hydrogens (primary N) is 1. The van der Waals surface area contributed by atoms with Crippen LogP contribution >= 0.6 is 0 Å². The van der Waals surface area contributed by atoms with Crippen LogP contribution in [0, 0.1) is 0 Å². The average Bonchev–Trinajstić information content (AvgIpc) is 3.22. The van der Waals surface area contributed by atoms with Gasteiger partial charge in [-0.2, -0.15) is 0 Å². The summed E-state index contributed by atoms with van der Waals surface area (Å²) in [4.78, 5) is 76.3. The van der Waals surface area contributed by atoms with Gasteiger partial charge in [0.15, 0.2) is 0 Å². The highest BCUT2D eigenvalue weighted by Gasteiger charge is 2.31. The molecule has 3 atom stereocenters. The van der Waals surface area contributed by atoms with Crippen LogP contribution in [0.5, 0.6) is 0 Å². The van der Waals surface area contributed by atoms with Crippen molar-refractivity contribution >= 4 is 35.6 Å². The van der Waals surface area contributed by atoms with Crippen molar-refractivity contribution in [2.24, 2.45) is 5.73 Å². The molecule has 3 amide bonds. The Bertz CT molecular complexity index is 842. The molecule has 0 aliphatic heterocycles. The first kappa shape index (κ1) is 26.0. The number of H-pyrrole nitrogens is 1. The minimum atomic E-state index is -1.76. The van der Waals surface area contributed by atoms with Crippen molar-refractivity contribution in [2.45, 2.75) is 43.8 Å². The smallest absolute Gasteiger partial charge is 0.326 e. The SMILES string of the molecule is NCC(=O)NC(CCC(=O)O)C(=O)NC(Cc1cnc[nH]1)C(=O)NC(CC(=O)O)C(=O)O. The fraction of sp³-hybridized carbons (Fsp3) is 0.471. The molecule has 0 aliphatic rings. The minimum absolute atomic E-state index is 0.187. The lowest BCUT2D eigenvalue weighted by Gasteiger charge is -2.23. The van der Waals surface area contributed by atoms with E-state index in [1.54, 1.807) is 0 Å². The van der Waals surface area contributed by atoms with E-state index in [2.05, 4.69) is 20.6 Å². The van der Waals surface area contributed by atoms with E-state index in [4.69, 9.17) is 21.1 Å². The quantitative estimate of drug-likeness (QED) is 0.138. The van der Waals surface area contributed by atoms with Crippen LogP contribution in [0.25, 0.3) is 0 Å². The van der Waals surface area contributed by atoms with Crippen LogP contribution in [-0.2, 0) is 35.2 Å². The average molecular weight is 456 g/mol. The molecule has 1 heterocycles. The Labute approximate surface area is 180 Å². The van der Waals surface area contributed by atoms with Crippen molar-refractivity contribution in [3.8, 4) is 0 Å². The molecule has 176 valence electrons. The number of imidazole rings is 1. The lowest BCUT2D eigenvalue weighted by molar-refractivity contribution is -0.147. The fourth-order valence-electron chi connectivity index (χ4n) is 2.53. The zero-order valence-corrected chi connectivity index (χ0v) is 16.7. The van der Waals surface area contributed by atoms with Gasteiger partial charge < -0.3 is 42.0 Å². The third-order valence-electron chi connectivity index (χ3n) is 4.09. The number of rotatable bonds is 14. The number of aromatic nitrogens is 2. The highest BCUT2D eigenvalue weighted by molar-refractivity contribution is 5.94. The standard InChI is InChI=1S/C17H24N6O9/c18-5-12(24)21-9(1-2-13(25)26)15(29)22-10(3-8-6-19-7-20-8)16(30)23-11(17(31)32)4-14(27)28/h6-7,9-11H,1-5,18H2,(H,19,20)(H,21,24)(H,22,29)(H,23,30)(H,25,26)(H,27,28)(H,31,32). The van der Waals surface area contributed by atoms with Gasteiger partial charge in [0.25, 0.3) is 0 Å². The topological polar surface area (TPSA) is 254 Å². The number of hydrogen-bond acceptors (Lipinski definition) is 8. The van der Waals surface area contributed by atoms with Crippen LogP contribution in [0.4, 0.5) is 0 Å². The third kappa shape index (κ3) is 9.21. The third-order valence-corrected chi connectivity index (χ3v) is 4.09. The first-order chi connectivity index (χ1) is 15.0. The predicted molar refractivity (Wildman–Crippen MR) is 104 cm³/mol. The molecule has 1 aromatic rings. The van der Waals surface area contributed by atoms with E-state index in [1.165, 1.54) is 12.5 Å². The number of carbonyl (C=O) groups is 6.